The lowest BCUT2D eigenvalue weighted by Gasteiger charge is -2.22. The molecule has 0 saturated carbocycles. The summed E-state index contributed by atoms with van der Waals surface area (Å²) in [5.41, 5.74) is 4.95. The van der Waals surface area contributed by atoms with Crippen molar-refractivity contribution in [3.63, 3.8) is 0 Å². The molecule has 88 valence electrons. The molecule has 1 heterocycles. The highest BCUT2D eigenvalue weighted by atomic mass is 32.2. The van der Waals surface area contributed by atoms with Crippen LogP contribution in [0.2, 0.25) is 0 Å². The lowest BCUT2D eigenvalue weighted by atomic mass is 10.2. The summed E-state index contributed by atoms with van der Waals surface area (Å²) < 4.78 is 23.5. The van der Waals surface area contributed by atoms with E-state index >= 15 is 0 Å². The lowest BCUT2D eigenvalue weighted by molar-refractivity contribution is -0.118. The fourth-order valence-electron chi connectivity index (χ4n) is 1.74. The van der Waals surface area contributed by atoms with Crippen molar-refractivity contribution >= 4 is 15.7 Å². The molecule has 0 aromatic carbocycles. The standard InChI is InChI=1S/C9H18N2O3S/c10-9(12)4-2-6-15(13,14)8-3-1-5-11-7-8/h8,11H,1-7H2,(H2,10,12). The molecule has 0 bridgehead atoms. The molecule has 5 nitrogen and oxygen atoms in total. The molecule has 1 amide bonds. The van der Waals surface area contributed by atoms with E-state index in [-0.39, 0.29) is 17.4 Å². The van der Waals surface area contributed by atoms with E-state index in [2.05, 4.69) is 5.32 Å². The maximum Gasteiger partial charge on any atom is 0.217 e. The average Bonchev–Trinajstić information content (AvgIpc) is 2.18. The minimum absolute atomic E-state index is 0.0717. The van der Waals surface area contributed by atoms with Crippen molar-refractivity contribution in [1.29, 1.82) is 0 Å². The Morgan fingerprint density at radius 1 is 1.47 bits per heavy atom. The van der Waals surface area contributed by atoms with Crippen molar-refractivity contribution in [3.05, 3.63) is 0 Å². The van der Waals surface area contributed by atoms with Crippen LogP contribution in [-0.4, -0.2) is 38.4 Å². The van der Waals surface area contributed by atoms with Crippen LogP contribution >= 0.6 is 0 Å². The van der Waals surface area contributed by atoms with Gasteiger partial charge >= 0.3 is 0 Å². The van der Waals surface area contributed by atoms with Gasteiger partial charge in [-0.25, -0.2) is 8.42 Å². The van der Waals surface area contributed by atoms with Gasteiger partial charge in [-0.1, -0.05) is 0 Å². The molecule has 1 rings (SSSR count). The summed E-state index contributed by atoms with van der Waals surface area (Å²) in [4.78, 5) is 10.5. The molecule has 0 aliphatic carbocycles. The molecule has 0 spiro atoms. The summed E-state index contributed by atoms with van der Waals surface area (Å²) in [5.74, 6) is -0.366. The number of hydrogen-bond donors (Lipinski definition) is 2. The second kappa shape index (κ2) is 5.46. The van der Waals surface area contributed by atoms with E-state index in [0.717, 1.165) is 19.4 Å². The largest absolute Gasteiger partial charge is 0.370 e. The molecule has 1 aliphatic heterocycles. The summed E-state index contributed by atoms with van der Waals surface area (Å²) in [6.45, 7) is 1.44. The van der Waals surface area contributed by atoms with Crippen molar-refractivity contribution in [2.45, 2.75) is 30.9 Å². The number of piperidine rings is 1. The predicted molar refractivity (Wildman–Crippen MR) is 58.1 cm³/mol. The van der Waals surface area contributed by atoms with Crippen LogP contribution in [0.5, 0.6) is 0 Å². The molecule has 1 unspecified atom stereocenters. The Balaban J connectivity index is 2.40. The zero-order chi connectivity index (χ0) is 11.3. The minimum atomic E-state index is -3.05. The van der Waals surface area contributed by atoms with E-state index in [0.29, 0.717) is 13.0 Å². The average molecular weight is 234 g/mol. The van der Waals surface area contributed by atoms with Crippen LogP contribution in [0.1, 0.15) is 25.7 Å². The van der Waals surface area contributed by atoms with Gasteiger partial charge in [-0.3, -0.25) is 4.79 Å². The first-order chi connectivity index (χ1) is 7.02. The Morgan fingerprint density at radius 2 is 2.20 bits per heavy atom. The second-order valence-electron chi connectivity index (χ2n) is 3.91. The fraction of sp³-hybridized carbons (Fsp3) is 0.889. The smallest absolute Gasteiger partial charge is 0.217 e. The quantitative estimate of drug-likeness (QED) is 0.666. The number of hydrogen-bond acceptors (Lipinski definition) is 4. The first-order valence-electron chi connectivity index (χ1n) is 5.23. The van der Waals surface area contributed by atoms with Gasteiger partial charge in [0.1, 0.15) is 0 Å². The molecule has 0 aromatic rings. The molecule has 15 heavy (non-hydrogen) atoms. The van der Waals surface area contributed by atoms with Crippen molar-refractivity contribution in [3.8, 4) is 0 Å². The zero-order valence-electron chi connectivity index (χ0n) is 8.74. The summed E-state index contributed by atoms with van der Waals surface area (Å²) in [6.07, 6.45) is 2.12. The number of amides is 1. The molecule has 0 aromatic heterocycles. The highest BCUT2D eigenvalue weighted by Crippen LogP contribution is 2.13. The third kappa shape index (κ3) is 4.17. The Morgan fingerprint density at radius 3 is 2.73 bits per heavy atom. The maximum absolute atomic E-state index is 11.8. The van der Waals surface area contributed by atoms with Crippen LogP contribution in [0, 0.1) is 0 Å². The number of carbonyl (C=O) groups excluding carboxylic acids is 1. The van der Waals surface area contributed by atoms with Crippen molar-refractivity contribution in [1.82, 2.24) is 5.32 Å². The van der Waals surface area contributed by atoms with Gasteiger partial charge in [-0.15, -0.1) is 0 Å². The van der Waals surface area contributed by atoms with Crippen LogP contribution < -0.4 is 11.1 Å². The maximum atomic E-state index is 11.8. The van der Waals surface area contributed by atoms with Gasteiger partial charge in [0.15, 0.2) is 9.84 Å². The highest BCUT2D eigenvalue weighted by Gasteiger charge is 2.26. The molecule has 0 radical (unpaired) electrons. The number of primary amides is 1. The third-order valence-electron chi connectivity index (χ3n) is 2.61. The summed E-state index contributed by atoms with van der Waals surface area (Å²) in [5, 5.41) is 2.79. The highest BCUT2D eigenvalue weighted by molar-refractivity contribution is 7.92. The van der Waals surface area contributed by atoms with E-state index in [1.54, 1.807) is 0 Å². The fourth-order valence-corrected chi connectivity index (χ4v) is 3.52. The van der Waals surface area contributed by atoms with Crippen molar-refractivity contribution in [2.75, 3.05) is 18.8 Å². The summed E-state index contributed by atoms with van der Waals surface area (Å²) >= 11 is 0. The van der Waals surface area contributed by atoms with Gasteiger partial charge in [-0.2, -0.15) is 0 Å². The zero-order valence-corrected chi connectivity index (χ0v) is 9.55. The number of sulfone groups is 1. The Bertz CT molecular complexity index is 307. The van der Waals surface area contributed by atoms with Crippen molar-refractivity contribution in [2.24, 2.45) is 5.73 Å². The normalized spacial score (nSPS) is 22.5. The molecule has 6 heteroatoms. The van der Waals surface area contributed by atoms with E-state index in [4.69, 9.17) is 5.73 Å². The first kappa shape index (κ1) is 12.4. The Labute approximate surface area is 90.3 Å². The van der Waals surface area contributed by atoms with Crippen molar-refractivity contribution < 1.29 is 13.2 Å². The van der Waals surface area contributed by atoms with Crippen LogP contribution in [0.3, 0.4) is 0 Å². The van der Waals surface area contributed by atoms with Crippen LogP contribution in [0.25, 0.3) is 0 Å². The molecule has 1 aliphatic rings. The van der Waals surface area contributed by atoms with Crippen LogP contribution in [0.15, 0.2) is 0 Å². The van der Waals surface area contributed by atoms with E-state index in [1.807, 2.05) is 0 Å². The van der Waals surface area contributed by atoms with Crippen LogP contribution in [0.4, 0.5) is 0 Å². The van der Waals surface area contributed by atoms with Gasteiger partial charge in [0.2, 0.25) is 5.91 Å². The topological polar surface area (TPSA) is 89.3 Å². The molecular weight excluding hydrogens is 216 g/mol. The number of nitrogens with two attached hydrogens (primary N) is 1. The number of carbonyl (C=O) groups is 1. The van der Waals surface area contributed by atoms with Gasteiger partial charge in [0, 0.05) is 13.0 Å². The molecular formula is C9H18N2O3S. The lowest BCUT2D eigenvalue weighted by Crippen LogP contribution is -2.39. The van der Waals surface area contributed by atoms with E-state index in [1.165, 1.54) is 0 Å². The van der Waals surface area contributed by atoms with Gasteiger partial charge < -0.3 is 11.1 Å². The first-order valence-corrected chi connectivity index (χ1v) is 6.94. The molecule has 3 N–H and O–H groups in total. The van der Waals surface area contributed by atoms with Gasteiger partial charge in [0.25, 0.3) is 0 Å². The summed E-state index contributed by atoms with van der Waals surface area (Å²) in [6, 6.07) is 0. The van der Waals surface area contributed by atoms with Gasteiger partial charge in [0.05, 0.1) is 11.0 Å². The van der Waals surface area contributed by atoms with E-state index in [9.17, 15) is 13.2 Å². The Kier molecular flexibility index (Phi) is 4.53. The second-order valence-corrected chi connectivity index (χ2v) is 6.31. The predicted octanol–water partition coefficient (Wildman–Crippen LogP) is -0.581. The van der Waals surface area contributed by atoms with Crippen LogP contribution in [-0.2, 0) is 14.6 Å². The molecule has 1 atom stereocenters. The summed E-state index contributed by atoms with van der Waals surface area (Å²) in [7, 11) is -3.05. The number of nitrogens with one attached hydrogen (secondary N) is 1. The molecule has 1 fully saturated rings. The third-order valence-corrected chi connectivity index (χ3v) is 4.89. The number of rotatable bonds is 5. The van der Waals surface area contributed by atoms with E-state index < -0.39 is 15.7 Å². The SMILES string of the molecule is NC(=O)CCCS(=O)(=O)C1CCCNC1. The monoisotopic (exact) mass is 234 g/mol. The minimum Gasteiger partial charge on any atom is -0.370 e. The van der Waals surface area contributed by atoms with Gasteiger partial charge in [-0.05, 0) is 25.8 Å². The Hall–Kier alpha value is -0.620. The molecule has 1 saturated heterocycles.